The third-order valence-corrected chi connectivity index (χ3v) is 4.23. The molecule has 0 unspecified atom stereocenters. The smallest absolute Gasteiger partial charge is 0.290 e. The van der Waals surface area contributed by atoms with Crippen molar-refractivity contribution in [3.8, 4) is 0 Å². The van der Waals surface area contributed by atoms with Gasteiger partial charge < -0.3 is 9.32 Å². The first-order valence-corrected chi connectivity index (χ1v) is 8.02. The Labute approximate surface area is 133 Å². The van der Waals surface area contributed by atoms with Gasteiger partial charge in [-0.3, -0.25) is 4.79 Å². The molecule has 0 aliphatic heterocycles. The van der Waals surface area contributed by atoms with Crippen LogP contribution in [0.3, 0.4) is 0 Å². The molecule has 0 saturated carbocycles. The zero-order chi connectivity index (χ0) is 15.7. The lowest BCUT2D eigenvalue weighted by Crippen LogP contribution is -2.44. The number of rotatable bonds is 3. The molecule has 0 radical (unpaired) electrons. The number of carbonyl (C=O) groups is 1. The van der Waals surface area contributed by atoms with Crippen LogP contribution in [0.2, 0.25) is 0 Å². The Bertz CT molecular complexity index is 751. The van der Waals surface area contributed by atoms with Crippen LogP contribution in [0.5, 0.6) is 0 Å². The number of fused-ring (bicyclic) bond motifs is 1. The molecule has 4 nitrogen and oxygen atoms in total. The average Bonchev–Trinajstić information content (AvgIpc) is 3.11. The highest BCUT2D eigenvalue weighted by molar-refractivity contribution is 7.09. The normalized spacial score (nSPS) is 11.8. The molecule has 114 valence electrons. The summed E-state index contributed by atoms with van der Waals surface area (Å²) in [5.74, 6) is 0.256. The molecule has 0 saturated heterocycles. The summed E-state index contributed by atoms with van der Waals surface area (Å²) in [7, 11) is 0. The first kappa shape index (κ1) is 14.8. The number of hydrogen-bond donors (Lipinski definition) is 0. The molecule has 0 bridgehead atoms. The lowest BCUT2D eigenvalue weighted by molar-refractivity contribution is 0.0528. The molecule has 2 heterocycles. The Morgan fingerprint density at radius 1 is 1.32 bits per heavy atom. The van der Waals surface area contributed by atoms with Gasteiger partial charge in [0.1, 0.15) is 10.6 Å². The van der Waals surface area contributed by atoms with E-state index >= 15 is 0 Å². The fourth-order valence-electron chi connectivity index (χ4n) is 2.30. The lowest BCUT2D eigenvalue weighted by atomic mass is 10.1. The second-order valence-electron chi connectivity index (χ2n) is 6.14. The van der Waals surface area contributed by atoms with E-state index in [2.05, 4.69) is 4.98 Å². The quantitative estimate of drug-likeness (QED) is 0.723. The van der Waals surface area contributed by atoms with Crippen molar-refractivity contribution in [3.63, 3.8) is 0 Å². The van der Waals surface area contributed by atoms with Crippen LogP contribution in [0.1, 0.15) is 36.3 Å². The number of nitrogens with zero attached hydrogens (tertiary/aromatic N) is 2. The van der Waals surface area contributed by atoms with Crippen LogP contribution in [-0.4, -0.2) is 21.3 Å². The summed E-state index contributed by atoms with van der Waals surface area (Å²) in [4.78, 5) is 19.0. The minimum Gasteiger partial charge on any atom is -0.451 e. The van der Waals surface area contributed by atoms with Crippen molar-refractivity contribution in [2.75, 3.05) is 0 Å². The summed E-state index contributed by atoms with van der Waals surface area (Å²) in [6.45, 7) is 6.53. The molecule has 5 heteroatoms. The number of amides is 1. The Hall–Kier alpha value is -2.14. The second kappa shape index (κ2) is 5.57. The molecule has 1 aromatic carbocycles. The molecule has 0 atom stereocenters. The molecule has 22 heavy (non-hydrogen) atoms. The highest BCUT2D eigenvalue weighted by atomic mass is 32.1. The van der Waals surface area contributed by atoms with Gasteiger partial charge in [0.2, 0.25) is 0 Å². The highest BCUT2D eigenvalue weighted by Gasteiger charge is 2.30. The van der Waals surface area contributed by atoms with Crippen LogP contribution in [-0.2, 0) is 6.54 Å². The van der Waals surface area contributed by atoms with Crippen LogP contribution in [0.25, 0.3) is 11.0 Å². The van der Waals surface area contributed by atoms with Crippen molar-refractivity contribution >= 4 is 28.2 Å². The predicted octanol–water partition coefficient (Wildman–Crippen LogP) is 4.33. The van der Waals surface area contributed by atoms with E-state index in [0.29, 0.717) is 12.3 Å². The molecular weight excluding hydrogens is 296 g/mol. The number of thiazole rings is 1. The molecule has 0 spiro atoms. The van der Waals surface area contributed by atoms with E-state index in [1.807, 2.05) is 50.4 Å². The summed E-state index contributed by atoms with van der Waals surface area (Å²) in [6.07, 6.45) is 1.76. The van der Waals surface area contributed by atoms with E-state index in [9.17, 15) is 4.79 Å². The minimum atomic E-state index is -0.318. The minimum absolute atomic E-state index is 0.112. The van der Waals surface area contributed by atoms with Gasteiger partial charge in [-0.15, -0.1) is 11.3 Å². The van der Waals surface area contributed by atoms with Crippen molar-refractivity contribution in [2.45, 2.75) is 32.9 Å². The molecule has 0 N–H and O–H groups in total. The number of benzene rings is 1. The van der Waals surface area contributed by atoms with Gasteiger partial charge in [0.05, 0.1) is 6.54 Å². The van der Waals surface area contributed by atoms with Gasteiger partial charge in [0, 0.05) is 22.5 Å². The lowest BCUT2D eigenvalue weighted by Gasteiger charge is -2.34. The molecule has 0 aliphatic rings. The second-order valence-corrected chi connectivity index (χ2v) is 7.12. The van der Waals surface area contributed by atoms with E-state index in [-0.39, 0.29) is 11.4 Å². The fraction of sp³-hybridized carbons (Fsp3) is 0.294. The van der Waals surface area contributed by atoms with Gasteiger partial charge in [-0.25, -0.2) is 4.98 Å². The van der Waals surface area contributed by atoms with Gasteiger partial charge in [0.15, 0.2) is 5.76 Å². The van der Waals surface area contributed by atoms with Gasteiger partial charge >= 0.3 is 0 Å². The summed E-state index contributed by atoms with van der Waals surface area (Å²) >= 11 is 1.55. The van der Waals surface area contributed by atoms with Crippen LogP contribution >= 0.6 is 11.3 Å². The maximum absolute atomic E-state index is 12.9. The molecular formula is C17H18N2O2S. The Morgan fingerprint density at radius 3 is 2.73 bits per heavy atom. The highest BCUT2D eigenvalue weighted by Crippen LogP contribution is 2.25. The van der Waals surface area contributed by atoms with Gasteiger partial charge in [-0.1, -0.05) is 18.2 Å². The fourth-order valence-corrected chi connectivity index (χ4v) is 2.90. The maximum atomic E-state index is 12.9. The van der Waals surface area contributed by atoms with Crippen molar-refractivity contribution in [2.24, 2.45) is 0 Å². The van der Waals surface area contributed by atoms with Crippen molar-refractivity contribution in [1.29, 1.82) is 0 Å². The third-order valence-electron chi connectivity index (χ3n) is 3.47. The van der Waals surface area contributed by atoms with E-state index < -0.39 is 0 Å². The van der Waals surface area contributed by atoms with Crippen LogP contribution in [0.4, 0.5) is 0 Å². The van der Waals surface area contributed by atoms with Crippen molar-refractivity contribution in [1.82, 2.24) is 9.88 Å². The number of carbonyl (C=O) groups excluding carboxylic acids is 1. The molecule has 2 aromatic heterocycles. The van der Waals surface area contributed by atoms with Crippen LogP contribution < -0.4 is 0 Å². The maximum Gasteiger partial charge on any atom is 0.290 e. The van der Waals surface area contributed by atoms with E-state index in [0.717, 1.165) is 16.0 Å². The summed E-state index contributed by atoms with van der Waals surface area (Å²) in [5, 5.41) is 3.77. The van der Waals surface area contributed by atoms with Gasteiger partial charge in [-0.05, 0) is 32.9 Å². The van der Waals surface area contributed by atoms with Gasteiger partial charge in [-0.2, -0.15) is 0 Å². The van der Waals surface area contributed by atoms with Crippen molar-refractivity contribution < 1.29 is 9.21 Å². The molecule has 3 rings (SSSR count). The first-order chi connectivity index (χ1) is 10.4. The topological polar surface area (TPSA) is 46.3 Å². The van der Waals surface area contributed by atoms with Crippen molar-refractivity contribution in [3.05, 3.63) is 52.7 Å². The zero-order valence-corrected chi connectivity index (χ0v) is 13.7. The summed E-state index contributed by atoms with van der Waals surface area (Å²) in [6, 6.07) is 9.45. The molecule has 0 aliphatic carbocycles. The number of furan rings is 1. The van der Waals surface area contributed by atoms with E-state index in [1.54, 1.807) is 28.5 Å². The molecule has 3 aromatic rings. The number of para-hydroxylation sites is 1. The zero-order valence-electron chi connectivity index (χ0n) is 12.9. The first-order valence-electron chi connectivity index (χ1n) is 7.14. The molecule has 1 amide bonds. The third kappa shape index (κ3) is 2.90. The summed E-state index contributed by atoms with van der Waals surface area (Å²) in [5.41, 5.74) is 0.413. The monoisotopic (exact) mass is 314 g/mol. The standard InChI is InChI=1S/C17H18N2O2S/c1-17(2,3)19(11-15-18-8-9-22-15)16(20)14-10-12-6-4-5-7-13(12)21-14/h4-10H,11H2,1-3H3. The van der Waals surface area contributed by atoms with E-state index in [1.165, 1.54) is 0 Å². The Morgan fingerprint density at radius 2 is 2.09 bits per heavy atom. The number of aromatic nitrogens is 1. The van der Waals surface area contributed by atoms with Gasteiger partial charge in [0.25, 0.3) is 5.91 Å². The largest absolute Gasteiger partial charge is 0.451 e. The number of hydrogen-bond acceptors (Lipinski definition) is 4. The Balaban J connectivity index is 1.94. The van der Waals surface area contributed by atoms with Crippen LogP contribution in [0, 0.1) is 0 Å². The molecule has 0 fully saturated rings. The Kier molecular flexibility index (Phi) is 3.74. The van der Waals surface area contributed by atoms with E-state index in [4.69, 9.17) is 4.42 Å². The average molecular weight is 314 g/mol. The SMILES string of the molecule is CC(C)(C)N(Cc1nccs1)C(=O)c1cc2ccccc2o1. The predicted molar refractivity (Wildman–Crippen MR) is 88.0 cm³/mol. The van der Waals surface area contributed by atoms with Crippen LogP contribution in [0.15, 0.2) is 46.3 Å². The summed E-state index contributed by atoms with van der Waals surface area (Å²) < 4.78 is 5.72.